The number of benzene rings is 1. The third kappa shape index (κ3) is 2.73. The van der Waals surface area contributed by atoms with Crippen molar-refractivity contribution in [3.63, 3.8) is 0 Å². The summed E-state index contributed by atoms with van der Waals surface area (Å²) in [4.78, 5) is 0. The van der Waals surface area contributed by atoms with Crippen molar-refractivity contribution in [1.29, 1.82) is 5.26 Å². The second kappa shape index (κ2) is 4.99. The van der Waals surface area contributed by atoms with Crippen molar-refractivity contribution in [2.24, 2.45) is 0 Å². The van der Waals surface area contributed by atoms with Gasteiger partial charge >= 0.3 is 0 Å². The van der Waals surface area contributed by atoms with Gasteiger partial charge in [-0.25, -0.2) is 4.68 Å². The van der Waals surface area contributed by atoms with Gasteiger partial charge < -0.3 is 5.32 Å². The molecule has 1 aromatic carbocycles. The summed E-state index contributed by atoms with van der Waals surface area (Å²) in [6.07, 6.45) is 5.32. The molecular weight excluding hydrogens is 212 g/mol. The maximum atomic E-state index is 8.78. The second-order valence-electron chi connectivity index (χ2n) is 3.56. The van der Waals surface area contributed by atoms with Crippen LogP contribution < -0.4 is 5.32 Å². The highest BCUT2D eigenvalue weighted by Gasteiger charge is 1.98. The van der Waals surface area contributed by atoms with Crippen LogP contribution in [-0.4, -0.2) is 9.78 Å². The van der Waals surface area contributed by atoms with Crippen LogP contribution >= 0.6 is 0 Å². The zero-order valence-electron chi connectivity index (χ0n) is 9.30. The van der Waals surface area contributed by atoms with E-state index in [9.17, 15) is 0 Å². The molecule has 0 saturated heterocycles. The standard InChI is InChI=1S/C13H12N4/c1-2-17-10-12(9-16-17)8-15-13-5-3-4-11(6-13)7-14/h2-6,9-10,15H,1,8H2. The molecule has 0 aliphatic rings. The average Bonchev–Trinajstić information content (AvgIpc) is 2.84. The number of nitrogens with zero attached hydrogens (tertiary/aromatic N) is 3. The summed E-state index contributed by atoms with van der Waals surface area (Å²) >= 11 is 0. The van der Waals surface area contributed by atoms with Crippen molar-refractivity contribution >= 4 is 11.9 Å². The Morgan fingerprint density at radius 2 is 2.41 bits per heavy atom. The summed E-state index contributed by atoms with van der Waals surface area (Å²) in [5.41, 5.74) is 2.64. The number of nitriles is 1. The molecular formula is C13H12N4. The lowest BCUT2D eigenvalue weighted by molar-refractivity contribution is 0.936. The number of hydrogen-bond acceptors (Lipinski definition) is 3. The Labute approximate surface area is 99.8 Å². The fourth-order valence-electron chi connectivity index (χ4n) is 1.47. The van der Waals surface area contributed by atoms with Crippen molar-refractivity contribution in [1.82, 2.24) is 9.78 Å². The van der Waals surface area contributed by atoms with Gasteiger partial charge in [0.05, 0.1) is 17.8 Å². The van der Waals surface area contributed by atoms with E-state index >= 15 is 0 Å². The Balaban J connectivity index is 2.02. The average molecular weight is 224 g/mol. The summed E-state index contributed by atoms with van der Waals surface area (Å²) in [7, 11) is 0. The van der Waals surface area contributed by atoms with E-state index in [1.54, 1.807) is 23.1 Å². The summed E-state index contributed by atoms with van der Waals surface area (Å²) in [6.45, 7) is 4.30. The maximum absolute atomic E-state index is 8.78. The van der Waals surface area contributed by atoms with Gasteiger partial charge in [-0.3, -0.25) is 0 Å². The van der Waals surface area contributed by atoms with Crippen LogP contribution in [0.25, 0.3) is 6.20 Å². The molecule has 0 fully saturated rings. The van der Waals surface area contributed by atoms with E-state index in [2.05, 4.69) is 23.1 Å². The predicted molar refractivity (Wildman–Crippen MR) is 67.1 cm³/mol. The molecule has 4 nitrogen and oxygen atoms in total. The quantitative estimate of drug-likeness (QED) is 0.867. The van der Waals surface area contributed by atoms with Crippen molar-refractivity contribution in [3.8, 4) is 6.07 Å². The van der Waals surface area contributed by atoms with Crippen LogP contribution in [-0.2, 0) is 6.54 Å². The molecule has 0 saturated carbocycles. The van der Waals surface area contributed by atoms with Gasteiger partial charge in [-0.1, -0.05) is 12.6 Å². The highest BCUT2D eigenvalue weighted by Crippen LogP contribution is 2.11. The van der Waals surface area contributed by atoms with Gasteiger partial charge in [-0.05, 0) is 18.2 Å². The number of rotatable bonds is 4. The molecule has 0 atom stereocenters. The van der Waals surface area contributed by atoms with E-state index in [4.69, 9.17) is 5.26 Å². The Bertz CT molecular complexity index is 563. The van der Waals surface area contributed by atoms with Crippen LogP contribution in [0.3, 0.4) is 0 Å². The minimum atomic E-state index is 0.650. The third-order valence-corrected chi connectivity index (χ3v) is 2.33. The molecule has 0 amide bonds. The lowest BCUT2D eigenvalue weighted by Gasteiger charge is -2.04. The summed E-state index contributed by atoms with van der Waals surface area (Å²) < 4.78 is 1.66. The number of aromatic nitrogens is 2. The molecule has 0 radical (unpaired) electrons. The van der Waals surface area contributed by atoms with Gasteiger partial charge in [0, 0.05) is 30.2 Å². The zero-order valence-corrected chi connectivity index (χ0v) is 9.30. The second-order valence-corrected chi connectivity index (χ2v) is 3.56. The minimum Gasteiger partial charge on any atom is -0.381 e. The minimum absolute atomic E-state index is 0.650. The van der Waals surface area contributed by atoms with Gasteiger partial charge in [-0.15, -0.1) is 0 Å². The van der Waals surface area contributed by atoms with E-state index in [1.807, 2.05) is 24.4 Å². The van der Waals surface area contributed by atoms with Crippen molar-refractivity contribution < 1.29 is 0 Å². The first kappa shape index (κ1) is 11.0. The van der Waals surface area contributed by atoms with E-state index in [0.29, 0.717) is 12.1 Å². The van der Waals surface area contributed by atoms with Crippen molar-refractivity contribution in [2.75, 3.05) is 5.32 Å². The SMILES string of the molecule is C=Cn1cc(CNc2cccc(C#N)c2)cn1. The van der Waals surface area contributed by atoms with E-state index in [1.165, 1.54) is 0 Å². The molecule has 0 aliphatic heterocycles. The normalized spacial score (nSPS) is 9.59. The van der Waals surface area contributed by atoms with Crippen LogP contribution in [0, 0.1) is 11.3 Å². The Kier molecular flexibility index (Phi) is 3.22. The molecule has 0 spiro atoms. The first-order valence-electron chi connectivity index (χ1n) is 5.21. The lowest BCUT2D eigenvalue weighted by atomic mass is 10.2. The molecule has 2 aromatic rings. The van der Waals surface area contributed by atoms with Crippen LogP contribution in [0.5, 0.6) is 0 Å². The van der Waals surface area contributed by atoms with Crippen molar-refractivity contribution in [2.45, 2.75) is 6.54 Å². The zero-order chi connectivity index (χ0) is 12.1. The number of hydrogen-bond donors (Lipinski definition) is 1. The van der Waals surface area contributed by atoms with Crippen LogP contribution in [0.15, 0.2) is 43.2 Å². The topological polar surface area (TPSA) is 53.6 Å². The Morgan fingerprint density at radius 1 is 1.53 bits per heavy atom. The van der Waals surface area contributed by atoms with Gasteiger partial charge in [0.25, 0.3) is 0 Å². The van der Waals surface area contributed by atoms with Crippen LogP contribution in [0.1, 0.15) is 11.1 Å². The maximum Gasteiger partial charge on any atom is 0.0992 e. The van der Waals surface area contributed by atoms with Crippen molar-refractivity contribution in [3.05, 3.63) is 54.4 Å². The largest absolute Gasteiger partial charge is 0.381 e. The highest BCUT2D eigenvalue weighted by atomic mass is 15.2. The Hall–Kier alpha value is -2.54. The van der Waals surface area contributed by atoms with E-state index in [-0.39, 0.29) is 0 Å². The summed E-state index contributed by atoms with van der Waals surface area (Å²) in [5.74, 6) is 0. The molecule has 4 heteroatoms. The number of nitrogens with one attached hydrogen (secondary N) is 1. The van der Waals surface area contributed by atoms with Crippen LogP contribution in [0.2, 0.25) is 0 Å². The molecule has 1 N–H and O–H groups in total. The molecule has 1 heterocycles. The molecule has 1 aromatic heterocycles. The van der Waals surface area contributed by atoms with Crippen LogP contribution in [0.4, 0.5) is 5.69 Å². The van der Waals surface area contributed by atoms with Gasteiger partial charge in [0.1, 0.15) is 0 Å². The van der Waals surface area contributed by atoms with E-state index in [0.717, 1.165) is 11.3 Å². The first-order chi connectivity index (χ1) is 8.31. The smallest absolute Gasteiger partial charge is 0.0992 e. The Morgan fingerprint density at radius 3 is 3.12 bits per heavy atom. The summed E-state index contributed by atoms with van der Waals surface area (Å²) in [6, 6.07) is 9.49. The van der Waals surface area contributed by atoms with E-state index < -0.39 is 0 Å². The lowest BCUT2D eigenvalue weighted by Crippen LogP contribution is -1.98. The molecule has 2 rings (SSSR count). The molecule has 0 bridgehead atoms. The fourth-order valence-corrected chi connectivity index (χ4v) is 1.47. The van der Waals surface area contributed by atoms with Gasteiger partial charge in [-0.2, -0.15) is 10.4 Å². The predicted octanol–water partition coefficient (Wildman–Crippen LogP) is 2.47. The molecule has 84 valence electrons. The highest BCUT2D eigenvalue weighted by molar-refractivity contribution is 5.49. The monoisotopic (exact) mass is 224 g/mol. The van der Waals surface area contributed by atoms with Gasteiger partial charge in [0.2, 0.25) is 0 Å². The molecule has 17 heavy (non-hydrogen) atoms. The fraction of sp³-hybridized carbons (Fsp3) is 0.0769. The van der Waals surface area contributed by atoms with Gasteiger partial charge in [0.15, 0.2) is 0 Å². The third-order valence-electron chi connectivity index (χ3n) is 2.33. The first-order valence-corrected chi connectivity index (χ1v) is 5.21. The molecule has 0 aliphatic carbocycles. The number of anilines is 1. The summed E-state index contributed by atoms with van der Waals surface area (Å²) in [5, 5.41) is 16.1. The molecule has 0 unspecified atom stereocenters.